The second-order valence-corrected chi connectivity index (χ2v) is 3.25. The number of hydrogen-bond acceptors (Lipinski definition) is 4. The highest BCUT2D eigenvalue weighted by Crippen LogP contribution is 2.27. The quantitative estimate of drug-likeness (QED) is 0.780. The molecule has 0 aromatic heterocycles. The molecule has 0 saturated carbocycles. The van der Waals surface area contributed by atoms with Crippen LogP contribution in [0.15, 0.2) is 18.2 Å². The number of hydrogen-bond donors (Lipinski definition) is 1. The van der Waals surface area contributed by atoms with E-state index in [1.165, 1.54) is 6.07 Å². The molecular weight excluding hydrogens is 208 g/mol. The van der Waals surface area contributed by atoms with E-state index < -0.39 is 5.97 Å². The first-order valence-corrected chi connectivity index (χ1v) is 5.32. The summed E-state index contributed by atoms with van der Waals surface area (Å²) in [4.78, 5) is 11.3. The lowest BCUT2D eigenvalue weighted by Gasteiger charge is -2.08. The fourth-order valence-corrected chi connectivity index (χ4v) is 1.19. The Morgan fingerprint density at radius 2 is 2.12 bits per heavy atom. The minimum atomic E-state index is -0.445. The molecule has 0 aliphatic carbocycles. The van der Waals surface area contributed by atoms with Crippen LogP contribution in [0.4, 0.5) is 0 Å². The number of carbonyl (C=O) groups is 1. The van der Waals surface area contributed by atoms with Gasteiger partial charge in [0.05, 0.1) is 18.8 Å². The maximum absolute atomic E-state index is 11.3. The molecular formula is C12H16O4. The molecule has 0 saturated heterocycles. The van der Waals surface area contributed by atoms with Gasteiger partial charge in [0, 0.05) is 0 Å². The standard InChI is InChI=1S/C12H16O4/c1-3-7-16-11-6-5-9(8-10(11)13)12(14)15-4-2/h5-6,8,13H,3-4,7H2,1-2H3. The van der Waals surface area contributed by atoms with Gasteiger partial charge in [-0.2, -0.15) is 0 Å². The molecule has 4 nitrogen and oxygen atoms in total. The van der Waals surface area contributed by atoms with Gasteiger partial charge in [-0.25, -0.2) is 4.79 Å². The number of phenols is 1. The SMILES string of the molecule is CCCOc1ccc(C(=O)OCC)cc1O. The maximum atomic E-state index is 11.3. The van der Waals surface area contributed by atoms with Crippen molar-refractivity contribution in [2.75, 3.05) is 13.2 Å². The fourth-order valence-electron chi connectivity index (χ4n) is 1.19. The molecule has 0 aliphatic heterocycles. The van der Waals surface area contributed by atoms with Crippen molar-refractivity contribution in [2.24, 2.45) is 0 Å². The lowest BCUT2D eigenvalue weighted by atomic mass is 10.2. The molecule has 1 N–H and O–H groups in total. The van der Waals surface area contributed by atoms with Gasteiger partial charge in [0.25, 0.3) is 0 Å². The summed E-state index contributed by atoms with van der Waals surface area (Å²) in [6.45, 7) is 4.56. The zero-order chi connectivity index (χ0) is 12.0. The largest absolute Gasteiger partial charge is 0.504 e. The minimum absolute atomic E-state index is 0.0426. The Hall–Kier alpha value is -1.71. The van der Waals surface area contributed by atoms with Crippen molar-refractivity contribution >= 4 is 5.97 Å². The van der Waals surface area contributed by atoms with Gasteiger partial charge in [-0.15, -0.1) is 0 Å². The van der Waals surface area contributed by atoms with E-state index in [0.29, 0.717) is 24.5 Å². The highest BCUT2D eigenvalue weighted by molar-refractivity contribution is 5.90. The summed E-state index contributed by atoms with van der Waals surface area (Å²) in [7, 11) is 0. The van der Waals surface area contributed by atoms with Gasteiger partial charge >= 0.3 is 5.97 Å². The monoisotopic (exact) mass is 224 g/mol. The molecule has 1 aromatic rings. The summed E-state index contributed by atoms with van der Waals surface area (Å²) >= 11 is 0. The first-order chi connectivity index (χ1) is 7.69. The van der Waals surface area contributed by atoms with Gasteiger partial charge in [0.15, 0.2) is 11.5 Å². The molecule has 0 fully saturated rings. The summed E-state index contributed by atoms with van der Waals surface area (Å²) in [5, 5.41) is 9.60. The number of rotatable bonds is 5. The molecule has 0 heterocycles. The number of esters is 1. The Kier molecular flexibility index (Phi) is 4.64. The second-order valence-electron chi connectivity index (χ2n) is 3.25. The molecule has 0 aliphatic rings. The summed E-state index contributed by atoms with van der Waals surface area (Å²) < 4.78 is 10.1. The smallest absolute Gasteiger partial charge is 0.338 e. The zero-order valence-electron chi connectivity index (χ0n) is 9.53. The van der Waals surface area contributed by atoms with E-state index in [1.54, 1.807) is 19.1 Å². The van der Waals surface area contributed by atoms with Gasteiger partial charge in [-0.1, -0.05) is 6.92 Å². The van der Waals surface area contributed by atoms with E-state index >= 15 is 0 Å². The number of aromatic hydroxyl groups is 1. The third-order valence-electron chi connectivity index (χ3n) is 1.93. The van der Waals surface area contributed by atoms with Gasteiger partial charge < -0.3 is 14.6 Å². The van der Waals surface area contributed by atoms with Crippen LogP contribution in [0.3, 0.4) is 0 Å². The third kappa shape index (κ3) is 3.15. The van der Waals surface area contributed by atoms with Crippen LogP contribution in [0, 0.1) is 0 Å². The van der Waals surface area contributed by atoms with Crippen LogP contribution in [0.2, 0.25) is 0 Å². The first kappa shape index (κ1) is 12.4. The average molecular weight is 224 g/mol. The van der Waals surface area contributed by atoms with Crippen molar-refractivity contribution in [3.63, 3.8) is 0 Å². The summed E-state index contributed by atoms with van der Waals surface area (Å²) in [6, 6.07) is 4.49. The van der Waals surface area contributed by atoms with Gasteiger partial charge in [0.2, 0.25) is 0 Å². The van der Waals surface area contributed by atoms with Crippen LogP contribution in [0.5, 0.6) is 11.5 Å². The first-order valence-electron chi connectivity index (χ1n) is 5.32. The minimum Gasteiger partial charge on any atom is -0.504 e. The molecule has 16 heavy (non-hydrogen) atoms. The van der Waals surface area contributed by atoms with Crippen LogP contribution in [-0.4, -0.2) is 24.3 Å². The van der Waals surface area contributed by atoms with E-state index in [1.807, 2.05) is 6.92 Å². The predicted octanol–water partition coefficient (Wildman–Crippen LogP) is 2.36. The summed E-state index contributed by atoms with van der Waals surface area (Å²) in [6.07, 6.45) is 0.860. The molecule has 0 spiro atoms. The Labute approximate surface area is 94.8 Å². The maximum Gasteiger partial charge on any atom is 0.338 e. The highest BCUT2D eigenvalue weighted by atomic mass is 16.5. The Morgan fingerprint density at radius 3 is 2.69 bits per heavy atom. The van der Waals surface area contributed by atoms with Crippen molar-refractivity contribution in [1.82, 2.24) is 0 Å². The third-order valence-corrected chi connectivity index (χ3v) is 1.93. The topological polar surface area (TPSA) is 55.8 Å². The molecule has 0 amide bonds. The van der Waals surface area contributed by atoms with E-state index in [9.17, 15) is 9.90 Å². The van der Waals surface area contributed by atoms with Crippen molar-refractivity contribution in [3.8, 4) is 11.5 Å². The number of phenolic OH excluding ortho intramolecular Hbond substituents is 1. The summed E-state index contributed by atoms with van der Waals surface area (Å²) in [5.74, 6) is -0.103. The molecule has 4 heteroatoms. The van der Waals surface area contributed by atoms with E-state index in [2.05, 4.69) is 0 Å². The second kappa shape index (κ2) is 6.00. The predicted molar refractivity (Wildman–Crippen MR) is 59.8 cm³/mol. The van der Waals surface area contributed by atoms with Crippen molar-refractivity contribution in [2.45, 2.75) is 20.3 Å². The van der Waals surface area contributed by atoms with Gasteiger partial charge in [-0.05, 0) is 31.5 Å². The lowest BCUT2D eigenvalue weighted by molar-refractivity contribution is 0.0526. The van der Waals surface area contributed by atoms with E-state index in [0.717, 1.165) is 6.42 Å². The van der Waals surface area contributed by atoms with Gasteiger partial charge in [-0.3, -0.25) is 0 Å². The molecule has 1 aromatic carbocycles. The highest BCUT2D eigenvalue weighted by Gasteiger charge is 2.10. The van der Waals surface area contributed by atoms with Crippen LogP contribution in [-0.2, 0) is 4.74 Å². The number of benzene rings is 1. The van der Waals surface area contributed by atoms with Crippen molar-refractivity contribution in [3.05, 3.63) is 23.8 Å². The van der Waals surface area contributed by atoms with E-state index in [4.69, 9.17) is 9.47 Å². The molecule has 0 unspecified atom stereocenters. The molecule has 88 valence electrons. The van der Waals surface area contributed by atoms with Crippen LogP contribution in [0.25, 0.3) is 0 Å². The number of ether oxygens (including phenoxy) is 2. The Balaban J connectivity index is 2.78. The Morgan fingerprint density at radius 1 is 1.38 bits per heavy atom. The van der Waals surface area contributed by atoms with E-state index in [-0.39, 0.29) is 5.75 Å². The van der Waals surface area contributed by atoms with Crippen LogP contribution >= 0.6 is 0 Å². The van der Waals surface area contributed by atoms with Crippen LogP contribution in [0.1, 0.15) is 30.6 Å². The molecule has 1 rings (SSSR count). The van der Waals surface area contributed by atoms with Crippen molar-refractivity contribution in [1.29, 1.82) is 0 Å². The molecule has 0 radical (unpaired) electrons. The number of carbonyl (C=O) groups excluding carboxylic acids is 1. The molecule has 0 atom stereocenters. The molecule has 0 bridgehead atoms. The Bertz CT molecular complexity index is 360. The van der Waals surface area contributed by atoms with Gasteiger partial charge in [0.1, 0.15) is 0 Å². The summed E-state index contributed by atoms with van der Waals surface area (Å²) in [5.41, 5.74) is 0.322. The van der Waals surface area contributed by atoms with Crippen molar-refractivity contribution < 1.29 is 19.4 Å². The fraction of sp³-hybridized carbons (Fsp3) is 0.417. The average Bonchev–Trinajstić information content (AvgIpc) is 2.27. The lowest BCUT2D eigenvalue weighted by Crippen LogP contribution is -2.04. The normalized spacial score (nSPS) is 9.88. The van der Waals surface area contributed by atoms with Crippen LogP contribution < -0.4 is 4.74 Å². The zero-order valence-corrected chi connectivity index (χ0v) is 9.53.